The second-order valence-corrected chi connectivity index (χ2v) is 20.6. The molecule has 1 aliphatic rings. The summed E-state index contributed by atoms with van der Waals surface area (Å²) >= 11 is 0. The van der Waals surface area contributed by atoms with Crippen LogP contribution in [0.15, 0.2) is 36.0 Å². The van der Waals surface area contributed by atoms with Crippen molar-refractivity contribution >= 4 is 22.6 Å². The fourth-order valence-electron chi connectivity index (χ4n) is 2.16. The summed E-state index contributed by atoms with van der Waals surface area (Å²) in [7, 11) is -3.72. The first kappa shape index (κ1) is 27.0. The van der Waals surface area contributed by atoms with Gasteiger partial charge in [-0.15, -0.1) is 0 Å². The molecule has 0 aromatic heterocycles. The fraction of sp³-hybridized carbons (Fsp3) is 0.696. The Morgan fingerprint density at radius 2 is 1.57 bits per heavy atom. The van der Waals surface area contributed by atoms with Gasteiger partial charge in [-0.25, -0.2) is 4.79 Å². The van der Waals surface area contributed by atoms with E-state index in [4.69, 9.17) is 13.6 Å². The predicted octanol–water partition coefficient (Wildman–Crippen LogP) is 5.36. The Morgan fingerprint density at radius 3 is 2.10 bits per heavy atom. The van der Waals surface area contributed by atoms with Crippen LogP contribution in [-0.4, -0.2) is 53.1 Å². The van der Waals surface area contributed by atoms with Crippen molar-refractivity contribution in [1.82, 2.24) is 0 Å². The highest BCUT2D eigenvalue weighted by molar-refractivity contribution is 6.74. The van der Waals surface area contributed by atoms with E-state index in [2.05, 4.69) is 67.7 Å². The molecular weight excluding hydrogens is 412 g/mol. The van der Waals surface area contributed by atoms with Gasteiger partial charge in [0.2, 0.25) is 0 Å². The number of rotatable bonds is 9. The molecule has 0 unspecified atom stereocenters. The Balaban J connectivity index is 2.58. The summed E-state index contributed by atoms with van der Waals surface area (Å²) in [5, 5.41) is 10.7. The molecule has 0 saturated heterocycles. The maximum atomic E-state index is 12.1. The van der Waals surface area contributed by atoms with Gasteiger partial charge in [0, 0.05) is 0 Å². The number of esters is 1. The number of carbonyl (C=O) groups is 1. The quantitative estimate of drug-likeness (QED) is 0.289. The average molecular weight is 455 g/mol. The van der Waals surface area contributed by atoms with E-state index in [9.17, 15) is 9.90 Å². The van der Waals surface area contributed by atoms with Gasteiger partial charge in [0.15, 0.2) is 16.6 Å². The van der Waals surface area contributed by atoms with Crippen LogP contribution >= 0.6 is 0 Å². The van der Waals surface area contributed by atoms with Crippen molar-refractivity contribution in [2.75, 3.05) is 13.2 Å². The molecule has 1 rings (SSSR count). The van der Waals surface area contributed by atoms with Crippen molar-refractivity contribution in [3.63, 3.8) is 0 Å². The van der Waals surface area contributed by atoms with Crippen LogP contribution in [0.3, 0.4) is 0 Å². The Morgan fingerprint density at radius 1 is 1.03 bits per heavy atom. The third-order valence-corrected chi connectivity index (χ3v) is 15.5. The molecule has 5 nitrogen and oxygen atoms in total. The highest BCUT2D eigenvalue weighted by Gasteiger charge is 2.39. The Hall–Kier alpha value is -0.996. The molecule has 30 heavy (non-hydrogen) atoms. The SMILES string of the molecule is CC(C)(C)[Si](C)(C)OC/C=C/C=C/C1=C[C@@H]([C@@H](O)CO[Si](C)(C)C(C)(C)C)OC1=O. The second kappa shape index (κ2) is 10.1. The van der Waals surface area contributed by atoms with Crippen molar-refractivity contribution < 1.29 is 23.5 Å². The summed E-state index contributed by atoms with van der Waals surface area (Å²) in [5.41, 5.74) is 0.446. The Bertz CT molecular complexity index is 679. The van der Waals surface area contributed by atoms with E-state index < -0.39 is 34.8 Å². The van der Waals surface area contributed by atoms with Gasteiger partial charge in [0.25, 0.3) is 0 Å². The lowest BCUT2D eigenvalue weighted by Crippen LogP contribution is -2.44. The van der Waals surface area contributed by atoms with E-state index in [0.717, 1.165) is 0 Å². The molecule has 0 aliphatic carbocycles. The third-order valence-electron chi connectivity index (χ3n) is 6.49. The summed E-state index contributed by atoms with van der Waals surface area (Å²) in [6.07, 6.45) is 7.42. The number of hydrogen-bond acceptors (Lipinski definition) is 5. The van der Waals surface area contributed by atoms with Crippen molar-refractivity contribution in [3.05, 3.63) is 36.0 Å². The zero-order valence-electron chi connectivity index (χ0n) is 20.5. The molecule has 1 N–H and O–H groups in total. The molecule has 2 atom stereocenters. The zero-order valence-corrected chi connectivity index (χ0v) is 22.5. The van der Waals surface area contributed by atoms with E-state index in [-0.39, 0.29) is 16.7 Å². The summed E-state index contributed by atoms with van der Waals surface area (Å²) in [6, 6.07) is 0. The van der Waals surface area contributed by atoms with E-state index in [1.807, 2.05) is 12.2 Å². The largest absolute Gasteiger partial charge is 0.452 e. The molecule has 0 amide bonds. The topological polar surface area (TPSA) is 65.0 Å². The third kappa shape index (κ3) is 7.60. The van der Waals surface area contributed by atoms with E-state index in [1.54, 1.807) is 18.2 Å². The van der Waals surface area contributed by atoms with Gasteiger partial charge >= 0.3 is 5.97 Å². The van der Waals surface area contributed by atoms with E-state index in [1.165, 1.54) is 0 Å². The van der Waals surface area contributed by atoms with Crippen LogP contribution in [0.5, 0.6) is 0 Å². The highest BCUT2D eigenvalue weighted by atomic mass is 28.4. The molecule has 0 bridgehead atoms. The summed E-state index contributed by atoms with van der Waals surface area (Å²) < 4.78 is 17.4. The van der Waals surface area contributed by atoms with Crippen molar-refractivity contribution in [1.29, 1.82) is 0 Å². The highest BCUT2D eigenvalue weighted by Crippen LogP contribution is 2.37. The number of aliphatic hydroxyl groups excluding tert-OH is 1. The molecular formula is C23H42O5Si2. The van der Waals surface area contributed by atoms with Crippen LogP contribution in [-0.2, 0) is 18.4 Å². The second-order valence-electron chi connectivity index (χ2n) is 11.0. The predicted molar refractivity (Wildman–Crippen MR) is 129 cm³/mol. The van der Waals surface area contributed by atoms with Gasteiger partial charge in [-0.1, -0.05) is 59.8 Å². The number of cyclic esters (lactones) is 1. The summed E-state index contributed by atoms with van der Waals surface area (Å²) in [4.78, 5) is 12.1. The Kier molecular flexibility index (Phi) is 9.09. The Labute approximate surface area is 185 Å². The average Bonchev–Trinajstić information content (AvgIpc) is 2.94. The lowest BCUT2D eigenvalue weighted by atomic mass is 10.1. The molecule has 0 aromatic carbocycles. The number of ether oxygens (including phenoxy) is 1. The van der Waals surface area contributed by atoms with Crippen LogP contribution in [0, 0.1) is 0 Å². The first-order chi connectivity index (χ1) is 13.5. The fourth-order valence-corrected chi connectivity index (χ4v) is 4.12. The smallest absolute Gasteiger partial charge is 0.338 e. The van der Waals surface area contributed by atoms with Crippen molar-refractivity contribution in [2.45, 2.75) is 90.0 Å². The monoisotopic (exact) mass is 454 g/mol. The van der Waals surface area contributed by atoms with Gasteiger partial charge in [-0.3, -0.25) is 0 Å². The minimum Gasteiger partial charge on any atom is -0.452 e. The molecule has 0 saturated carbocycles. The van der Waals surface area contributed by atoms with Crippen LogP contribution in [0.25, 0.3) is 0 Å². The van der Waals surface area contributed by atoms with Gasteiger partial charge in [-0.05, 0) is 48.4 Å². The van der Waals surface area contributed by atoms with Crippen molar-refractivity contribution in [3.8, 4) is 0 Å². The van der Waals surface area contributed by atoms with E-state index in [0.29, 0.717) is 12.2 Å². The maximum absolute atomic E-state index is 12.1. The van der Waals surface area contributed by atoms with Crippen LogP contribution in [0.2, 0.25) is 36.3 Å². The van der Waals surface area contributed by atoms with Crippen molar-refractivity contribution in [2.24, 2.45) is 0 Å². The molecule has 0 radical (unpaired) electrons. The molecule has 7 heteroatoms. The zero-order chi connectivity index (χ0) is 23.4. The lowest BCUT2D eigenvalue weighted by Gasteiger charge is -2.37. The molecule has 172 valence electrons. The first-order valence-corrected chi connectivity index (χ1v) is 16.5. The normalized spacial score (nSPS) is 20.2. The van der Waals surface area contributed by atoms with Gasteiger partial charge in [0.05, 0.1) is 18.8 Å². The number of aliphatic hydroxyl groups is 1. The number of carbonyl (C=O) groups excluding carboxylic acids is 1. The van der Waals surface area contributed by atoms with Gasteiger partial charge in [-0.2, -0.15) is 0 Å². The molecule has 1 heterocycles. The minimum atomic E-state index is -1.97. The van der Waals surface area contributed by atoms with Crippen LogP contribution in [0.1, 0.15) is 41.5 Å². The number of hydrogen-bond donors (Lipinski definition) is 1. The molecule has 0 spiro atoms. The summed E-state index contributed by atoms with van der Waals surface area (Å²) in [5.74, 6) is -0.423. The van der Waals surface area contributed by atoms with Gasteiger partial charge < -0.3 is 18.7 Å². The lowest BCUT2D eigenvalue weighted by molar-refractivity contribution is -0.144. The molecule has 0 aromatic rings. The first-order valence-electron chi connectivity index (χ1n) is 10.7. The maximum Gasteiger partial charge on any atom is 0.338 e. The van der Waals surface area contributed by atoms with E-state index >= 15 is 0 Å². The molecule has 1 aliphatic heterocycles. The summed E-state index contributed by atoms with van der Waals surface area (Å²) in [6.45, 7) is 22.5. The van der Waals surface area contributed by atoms with Gasteiger partial charge in [0.1, 0.15) is 12.2 Å². The molecule has 0 fully saturated rings. The van der Waals surface area contributed by atoms with Crippen LogP contribution in [0.4, 0.5) is 0 Å². The number of allylic oxidation sites excluding steroid dienone is 2. The minimum absolute atomic E-state index is 0.0590. The standard InChI is InChI=1S/C23H42O5Si2/c1-22(2,3)29(7,8)26-15-13-11-12-14-18-16-20(28-21(18)25)19(24)17-27-30(9,10)23(4,5)6/h11-14,16,19-20,24H,15,17H2,1-10H3/b13-11+,14-12+/t19-,20-/m0/s1. The van der Waals surface area contributed by atoms with Crippen LogP contribution < -0.4 is 0 Å².